The Kier molecular flexibility index (Phi) is 6.06. The molecule has 0 spiro atoms. The summed E-state index contributed by atoms with van der Waals surface area (Å²) in [6, 6.07) is 1.59. The maximum atomic E-state index is 11.7. The third-order valence-corrected chi connectivity index (χ3v) is 2.33. The molecule has 18 heavy (non-hydrogen) atoms. The lowest BCUT2D eigenvalue weighted by atomic mass is 10.3. The molecule has 1 rings (SSSR count). The number of pyridine rings is 1. The molecule has 1 amide bonds. The molecule has 0 atom stereocenters. The summed E-state index contributed by atoms with van der Waals surface area (Å²) in [5, 5.41) is 20.3. The van der Waals surface area contributed by atoms with Gasteiger partial charge >= 0.3 is 0 Å². The Morgan fingerprint density at radius 1 is 1.39 bits per heavy atom. The van der Waals surface area contributed by atoms with E-state index < -0.39 is 0 Å². The molecule has 0 aliphatic heterocycles. The van der Waals surface area contributed by atoms with Crippen LogP contribution in [0.5, 0.6) is 0 Å². The van der Waals surface area contributed by atoms with Crippen molar-refractivity contribution >= 4 is 17.3 Å². The van der Waals surface area contributed by atoms with Gasteiger partial charge in [-0.3, -0.25) is 14.7 Å². The lowest BCUT2D eigenvalue weighted by Crippen LogP contribution is -2.37. The molecule has 0 aliphatic rings. The molecule has 0 fully saturated rings. The SMILES string of the molecule is Nc1ccncc1NC(=O)CN(CCO)CCO. The van der Waals surface area contributed by atoms with Crippen molar-refractivity contribution in [3.8, 4) is 0 Å². The van der Waals surface area contributed by atoms with Gasteiger partial charge in [-0.15, -0.1) is 0 Å². The van der Waals surface area contributed by atoms with Crippen molar-refractivity contribution in [1.29, 1.82) is 0 Å². The van der Waals surface area contributed by atoms with Crippen LogP contribution in [0.2, 0.25) is 0 Å². The Labute approximate surface area is 105 Å². The quantitative estimate of drug-likeness (QED) is 0.491. The molecule has 0 saturated heterocycles. The number of carbonyl (C=O) groups excluding carboxylic acids is 1. The van der Waals surface area contributed by atoms with Crippen molar-refractivity contribution in [2.45, 2.75) is 0 Å². The summed E-state index contributed by atoms with van der Waals surface area (Å²) in [6.45, 7) is 0.604. The predicted octanol–water partition coefficient (Wildman–Crippen LogP) is -1.11. The summed E-state index contributed by atoms with van der Waals surface area (Å²) in [6.07, 6.45) is 3.00. The number of nitrogens with zero attached hydrogens (tertiary/aromatic N) is 2. The molecule has 5 N–H and O–H groups in total. The first kappa shape index (κ1) is 14.4. The molecule has 0 saturated carbocycles. The summed E-state index contributed by atoms with van der Waals surface area (Å²) in [7, 11) is 0. The number of aliphatic hydroxyl groups is 2. The zero-order valence-corrected chi connectivity index (χ0v) is 10.0. The van der Waals surface area contributed by atoms with Gasteiger partial charge in [0.15, 0.2) is 0 Å². The fourth-order valence-electron chi connectivity index (χ4n) is 1.46. The van der Waals surface area contributed by atoms with E-state index in [9.17, 15) is 4.79 Å². The predicted molar refractivity (Wildman–Crippen MR) is 67.9 cm³/mol. The molecule has 1 heterocycles. The molecule has 0 unspecified atom stereocenters. The smallest absolute Gasteiger partial charge is 0.238 e. The van der Waals surface area contributed by atoms with Gasteiger partial charge in [0, 0.05) is 19.3 Å². The number of aromatic nitrogens is 1. The molecule has 1 aromatic rings. The van der Waals surface area contributed by atoms with Gasteiger partial charge in [0.1, 0.15) is 0 Å². The third-order valence-electron chi connectivity index (χ3n) is 2.33. The average Bonchev–Trinajstić information content (AvgIpc) is 2.33. The maximum Gasteiger partial charge on any atom is 0.238 e. The van der Waals surface area contributed by atoms with Crippen molar-refractivity contribution in [2.24, 2.45) is 0 Å². The minimum absolute atomic E-state index is 0.0672. The van der Waals surface area contributed by atoms with Crippen molar-refractivity contribution in [1.82, 2.24) is 9.88 Å². The minimum atomic E-state index is -0.267. The first-order chi connectivity index (χ1) is 8.67. The van der Waals surface area contributed by atoms with E-state index >= 15 is 0 Å². The van der Waals surface area contributed by atoms with Crippen molar-refractivity contribution in [2.75, 3.05) is 43.9 Å². The van der Waals surface area contributed by atoms with Gasteiger partial charge in [-0.25, -0.2) is 0 Å². The second-order valence-corrected chi connectivity index (χ2v) is 3.73. The topological polar surface area (TPSA) is 112 Å². The molecule has 100 valence electrons. The van der Waals surface area contributed by atoms with Gasteiger partial charge in [-0.2, -0.15) is 0 Å². The number of hydrogen-bond donors (Lipinski definition) is 4. The number of nitrogens with two attached hydrogens (primary N) is 1. The lowest BCUT2D eigenvalue weighted by Gasteiger charge is -2.19. The van der Waals surface area contributed by atoms with Crippen LogP contribution in [0.4, 0.5) is 11.4 Å². The highest BCUT2D eigenvalue weighted by Gasteiger charge is 2.11. The van der Waals surface area contributed by atoms with E-state index in [1.165, 1.54) is 12.4 Å². The summed E-state index contributed by atoms with van der Waals surface area (Å²) < 4.78 is 0. The van der Waals surface area contributed by atoms with Gasteiger partial charge in [0.2, 0.25) is 5.91 Å². The second-order valence-electron chi connectivity index (χ2n) is 3.73. The average molecular weight is 254 g/mol. The Balaban J connectivity index is 2.52. The van der Waals surface area contributed by atoms with Crippen LogP contribution in [0.3, 0.4) is 0 Å². The molecular weight excluding hydrogens is 236 g/mol. The molecule has 0 aromatic carbocycles. The van der Waals surface area contributed by atoms with Crippen LogP contribution < -0.4 is 11.1 Å². The molecule has 1 aromatic heterocycles. The molecule has 7 nitrogen and oxygen atoms in total. The fourth-order valence-corrected chi connectivity index (χ4v) is 1.46. The molecular formula is C11H18N4O3. The zero-order valence-electron chi connectivity index (χ0n) is 10.0. The first-order valence-electron chi connectivity index (χ1n) is 5.60. The number of aliphatic hydroxyl groups excluding tert-OH is 2. The van der Waals surface area contributed by atoms with Gasteiger partial charge in [-0.05, 0) is 6.07 Å². The van der Waals surface area contributed by atoms with Crippen LogP contribution in [0.1, 0.15) is 0 Å². The monoisotopic (exact) mass is 254 g/mol. The van der Waals surface area contributed by atoms with Crippen molar-refractivity contribution in [3.05, 3.63) is 18.5 Å². The number of nitrogen functional groups attached to an aromatic ring is 1. The fraction of sp³-hybridized carbons (Fsp3) is 0.455. The summed E-state index contributed by atoms with van der Waals surface area (Å²) in [4.78, 5) is 17.2. The summed E-state index contributed by atoms with van der Waals surface area (Å²) in [5.74, 6) is -0.267. The number of hydrogen-bond acceptors (Lipinski definition) is 6. The van der Waals surface area contributed by atoms with E-state index in [2.05, 4.69) is 10.3 Å². The number of amides is 1. The van der Waals surface area contributed by atoms with E-state index in [0.29, 0.717) is 24.5 Å². The van der Waals surface area contributed by atoms with E-state index in [0.717, 1.165) is 0 Å². The number of nitrogens with one attached hydrogen (secondary N) is 1. The lowest BCUT2D eigenvalue weighted by molar-refractivity contribution is -0.117. The van der Waals surface area contributed by atoms with Crippen molar-refractivity contribution < 1.29 is 15.0 Å². The van der Waals surface area contributed by atoms with Gasteiger partial charge in [0.05, 0.1) is 37.3 Å². The first-order valence-corrected chi connectivity index (χ1v) is 5.60. The minimum Gasteiger partial charge on any atom is -0.397 e. The van der Waals surface area contributed by atoms with Crippen LogP contribution in [0, 0.1) is 0 Å². The van der Waals surface area contributed by atoms with E-state index in [4.69, 9.17) is 15.9 Å². The highest BCUT2D eigenvalue weighted by molar-refractivity contribution is 5.94. The van der Waals surface area contributed by atoms with E-state index in [-0.39, 0.29) is 25.7 Å². The van der Waals surface area contributed by atoms with Crippen LogP contribution in [0.15, 0.2) is 18.5 Å². The Hall–Kier alpha value is -1.70. The number of carbonyl (C=O) groups is 1. The van der Waals surface area contributed by atoms with Crippen molar-refractivity contribution in [3.63, 3.8) is 0 Å². The van der Waals surface area contributed by atoms with Crippen LogP contribution in [0.25, 0.3) is 0 Å². The second kappa shape index (κ2) is 7.59. The summed E-state index contributed by atoms with van der Waals surface area (Å²) >= 11 is 0. The number of rotatable bonds is 7. The van der Waals surface area contributed by atoms with E-state index in [1.54, 1.807) is 11.0 Å². The summed E-state index contributed by atoms with van der Waals surface area (Å²) in [5.41, 5.74) is 6.56. The number of anilines is 2. The largest absolute Gasteiger partial charge is 0.397 e. The van der Waals surface area contributed by atoms with Crippen LogP contribution in [-0.4, -0.2) is 58.9 Å². The normalized spacial score (nSPS) is 10.6. The van der Waals surface area contributed by atoms with E-state index in [1.807, 2.05) is 0 Å². The Bertz CT molecular complexity index is 380. The zero-order chi connectivity index (χ0) is 13.4. The standard InChI is InChI=1S/C11H18N4O3/c12-9-1-2-13-7-10(9)14-11(18)8-15(3-5-16)4-6-17/h1-2,7,16-17H,3-6,8H2,(H2,12,13)(H,14,18). The van der Waals surface area contributed by atoms with Gasteiger partial charge in [-0.1, -0.05) is 0 Å². The van der Waals surface area contributed by atoms with Gasteiger partial charge < -0.3 is 21.3 Å². The Morgan fingerprint density at radius 2 is 2.06 bits per heavy atom. The van der Waals surface area contributed by atoms with Crippen LogP contribution >= 0.6 is 0 Å². The highest BCUT2D eigenvalue weighted by atomic mass is 16.3. The Morgan fingerprint density at radius 3 is 2.61 bits per heavy atom. The van der Waals surface area contributed by atoms with Crippen LogP contribution in [-0.2, 0) is 4.79 Å². The maximum absolute atomic E-state index is 11.7. The highest BCUT2D eigenvalue weighted by Crippen LogP contribution is 2.14. The molecule has 7 heteroatoms. The molecule has 0 aliphatic carbocycles. The van der Waals surface area contributed by atoms with Gasteiger partial charge in [0.25, 0.3) is 0 Å². The molecule has 0 radical (unpaired) electrons. The molecule has 0 bridgehead atoms. The third kappa shape index (κ3) is 4.66.